The van der Waals surface area contributed by atoms with Crippen molar-refractivity contribution in [1.29, 1.82) is 0 Å². The van der Waals surface area contributed by atoms with Crippen LogP contribution in [0.15, 0.2) is 12.3 Å². The fraction of sp³-hybridized carbons (Fsp3) is 0.417. The van der Waals surface area contributed by atoms with Crippen molar-refractivity contribution in [2.75, 3.05) is 19.0 Å². The minimum Gasteiger partial charge on any atom is -0.377 e. The van der Waals surface area contributed by atoms with Gasteiger partial charge in [-0.1, -0.05) is 0 Å². The number of alkyl halides is 3. The Bertz CT molecular complexity index is 591. The maximum Gasteiger partial charge on any atom is 0.443 e. The summed E-state index contributed by atoms with van der Waals surface area (Å²) in [5.41, 5.74) is 0.390. The summed E-state index contributed by atoms with van der Waals surface area (Å²) in [6.45, 7) is 2.71. The number of hydrogen-bond donors (Lipinski definition) is 1. The minimum atomic E-state index is -4.45. The van der Waals surface area contributed by atoms with Crippen molar-refractivity contribution in [3.63, 3.8) is 0 Å². The Kier molecular flexibility index (Phi) is 4.73. The van der Waals surface area contributed by atoms with Gasteiger partial charge in [0.05, 0.1) is 10.6 Å². The van der Waals surface area contributed by atoms with Gasteiger partial charge in [-0.3, -0.25) is 0 Å². The van der Waals surface area contributed by atoms with Gasteiger partial charge >= 0.3 is 6.18 Å². The van der Waals surface area contributed by atoms with Gasteiger partial charge < -0.3 is 10.1 Å². The summed E-state index contributed by atoms with van der Waals surface area (Å²) in [5.74, 6) is 0.935. The molecule has 0 saturated heterocycles. The van der Waals surface area contributed by atoms with Crippen LogP contribution in [0.1, 0.15) is 17.8 Å². The molecule has 114 valence electrons. The highest BCUT2D eigenvalue weighted by atomic mass is 32.1. The summed E-state index contributed by atoms with van der Waals surface area (Å²) in [5, 5.41) is 2.11. The van der Waals surface area contributed by atoms with Gasteiger partial charge in [0.15, 0.2) is 10.8 Å². The molecule has 0 aliphatic rings. The van der Waals surface area contributed by atoms with Gasteiger partial charge in [-0.15, -0.1) is 11.3 Å². The Morgan fingerprint density at radius 2 is 2.10 bits per heavy atom. The van der Waals surface area contributed by atoms with E-state index in [1.54, 1.807) is 6.07 Å². The molecule has 0 unspecified atom stereocenters. The van der Waals surface area contributed by atoms with Crippen molar-refractivity contribution in [2.45, 2.75) is 19.7 Å². The maximum absolute atomic E-state index is 12.6. The zero-order valence-electron chi connectivity index (χ0n) is 11.4. The first-order valence-corrected chi connectivity index (χ1v) is 6.90. The van der Waals surface area contributed by atoms with Crippen molar-refractivity contribution in [3.8, 4) is 10.6 Å². The van der Waals surface area contributed by atoms with Crippen LogP contribution in [0.4, 0.5) is 19.0 Å². The summed E-state index contributed by atoms with van der Waals surface area (Å²) < 4.78 is 42.8. The summed E-state index contributed by atoms with van der Waals surface area (Å²) in [6.07, 6.45) is -3.28. The van der Waals surface area contributed by atoms with Crippen LogP contribution in [0.2, 0.25) is 0 Å². The Balaban J connectivity index is 2.39. The topological polar surface area (TPSA) is 59.9 Å². The summed E-state index contributed by atoms with van der Waals surface area (Å²) in [7, 11) is 1.50. The van der Waals surface area contributed by atoms with E-state index < -0.39 is 11.2 Å². The molecule has 2 rings (SSSR count). The number of methoxy groups -OCH3 is 1. The quantitative estimate of drug-likeness (QED) is 0.917. The molecule has 0 aromatic carbocycles. The number of anilines is 1. The van der Waals surface area contributed by atoms with Crippen LogP contribution in [0.3, 0.4) is 0 Å². The normalized spacial score (nSPS) is 11.7. The van der Waals surface area contributed by atoms with Crippen molar-refractivity contribution in [1.82, 2.24) is 15.0 Å². The standard InChI is InChI=1S/C12H13F3N4OS/c1-3-16-9-4-7(18-10(19-9)6-20-2)8-5-17-11(21-8)12(13,14)15/h4-5H,3,6H2,1-2H3,(H,16,18,19). The van der Waals surface area contributed by atoms with E-state index in [9.17, 15) is 13.2 Å². The number of aromatic nitrogens is 3. The fourth-order valence-electron chi connectivity index (χ4n) is 1.61. The number of thiazole rings is 1. The zero-order valence-corrected chi connectivity index (χ0v) is 12.2. The minimum absolute atomic E-state index is 0.178. The van der Waals surface area contributed by atoms with Gasteiger partial charge in [0.25, 0.3) is 0 Å². The third-order valence-electron chi connectivity index (χ3n) is 2.40. The first-order valence-electron chi connectivity index (χ1n) is 6.08. The van der Waals surface area contributed by atoms with Crippen LogP contribution in [-0.2, 0) is 17.5 Å². The zero-order chi connectivity index (χ0) is 15.5. The second-order valence-electron chi connectivity index (χ2n) is 4.05. The SMILES string of the molecule is CCNc1cc(-c2cnc(C(F)(F)F)s2)nc(COC)n1. The summed E-state index contributed by atoms with van der Waals surface area (Å²) >= 11 is 0.552. The maximum atomic E-state index is 12.6. The van der Waals surface area contributed by atoms with E-state index in [4.69, 9.17) is 4.74 Å². The molecular weight excluding hydrogens is 305 g/mol. The molecule has 0 bridgehead atoms. The van der Waals surface area contributed by atoms with Gasteiger partial charge in [0.2, 0.25) is 0 Å². The van der Waals surface area contributed by atoms with Crippen molar-refractivity contribution < 1.29 is 17.9 Å². The fourth-order valence-corrected chi connectivity index (χ4v) is 2.36. The second-order valence-corrected chi connectivity index (χ2v) is 5.08. The van der Waals surface area contributed by atoms with E-state index in [0.29, 0.717) is 40.1 Å². The van der Waals surface area contributed by atoms with E-state index in [2.05, 4.69) is 20.3 Å². The summed E-state index contributed by atoms with van der Waals surface area (Å²) in [4.78, 5) is 12.1. The third-order valence-corrected chi connectivity index (χ3v) is 3.47. The molecule has 2 aromatic rings. The Morgan fingerprint density at radius 1 is 1.33 bits per heavy atom. The van der Waals surface area contributed by atoms with Crippen LogP contribution in [-0.4, -0.2) is 28.6 Å². The van der Waals surface area contributed by atoms with Gasteiger partial charge in [0.1, 0.15) is 12.4 Å². The smallest absolute Gasteiger partial charge is 0.377 e. The van der Waals surface area contributed by atoms with Crippen LogP contribution < -0.4 is 5.32 Å². The van der Waals surface area contributed by atoms with Gasteiger partial charge in [-0.2, -0.15) is 13.2 Å². The van der Waals surface area contributed by atoms with Crippen molar-refractivity contribution in [2.24, 2.45) is 0 Å². The van der Waals surface area contributed by atoms with Gasteiger partial charge in [-0.25, -0.2) is 15.0 Å². The molecular formula is C12H13F3N4OS. The van der Waals surface area contributed by atoms with Crippen molar-refractivity contribution in [3.05, 3.63) is 23.1 Å². The van der Waals surface area contributed by atoms with Crippen LogP contribution >= 0.6 is 11.3 Å². The number of ether oxygens (including phenoxy) is 1. The Labute approximate surface area is 123 Å². The number of hydrogen-bond acceptors (Lipinski definition) is 6. The molecule has 2 aromatic heterocycles. The molecule has 0 aliphatic carbocycles. The molecule has 21 heavy (non-hydrogen) atoms. The van der Waals surface area contributed by atoms with Crippen LogP contribution in [0.25, 0.3) is 10.6 Å². The molecule has 1 N–H and O–H groups in total. The molecule has 0 aliphatic heterocycles. The number of rotatable bonds is 5. The Morgan fingerprint density at radius 3 is 2.67 bits per heavy atom. The lowest BCUT2D eigenvalue weighted by Gasteiger charge is -2.07. The lowest BCUT2D eigenvalue weighted by molar-refractivity contribution is -0.137. The van der Waals surface area contributed by atoms with E-state index in [-0.39, 0.29) is 6.61 Å². The van der Waals surface area contributed by atoms with Crippen LogP contribution in [0, 0.1) is 0 Å². The monoisotopic (exact) mass is 318 g/mol. The van der Waals surface area contributed by atoms with Gasteiger partial charge in [0, 0.05) is 25.9 Å². The molecule has 0 atom stereocenters. The molecule has 0 radical (unpaired) electrons. The van der Waals surface area contributed by atoms with E-state index in [0.717, 1.165) is 0 Å². The van der Waals surface area contributed by atoms with E-state index in [1.807, 2.05) is 6.92 Å². The van der Waals surface area contributed by atoms with Crippen molar-refractivity contribution >= 4 is 17.2 Å². The number of halogens is 3. The highest BCUT2D eigenvalue weighted by Crippen LogP contribution is 2.36. The lowest BCUT2D eigenvalue weighted by Crippen LogP contribution is -2.05. The van der Waals surface area contributed by atoms with Crippen LogP contribution in [0.5, 0.6) is 0 Å². The number of nitrogens with one attached hydrogen (secondary N) is 1. The van der Waals surface area contributed by atoms with E-state index in [1.165, 1.54) is 13.3 Å². The van der Waals surface area contributed by atoms with E-state index >= 15 is 0 Å². The Hall–Kier alpha value is -1.74. The molecule has 9 heteroatoms. The highest BCUT2D eigenvalue weighted by molar-refractivity contribution is 7.15. The second kappa shape index (κ2) is 6.35. The molecule has 0 saturated carbocycles. The molecule has 5 nitrogen and oxygen atoms in total. The summed E-state index contributed by atoms with van der Waals surface area (Å²) in [6, 6.07) is 1.59. The molecule has 0 spiro atoms. The first kappa shape index (κ1) is 15.6. The number of nitrogens with zero attached hydrogens (tertiary/aromatic N) is 3. The predicted octanol–water partition coefficient (Wildman–Crippen LogP) is 3.20. The van der Waals surface area contributed by atoms with Gasteiger partial charge in [-0.05, 0) is 6.92 Å². The first-order chi connectivity index (χ1) is 9.94. The average molecular weight is 318 g/mol. The predicted molar refractivity (Wildman–Crippen MR) is 73.0 cm³/mol. The largest absolute Gasteiger partial charge is 0.443 e. The lowest BCUT2D eigenvalue weighted by atomic mass is 10.3. The molecule has 2 heterocycles. The molecule has 0 amide bonds. The average Bonchev–Trinajstić information content (AvgIpc) is 2.88. The molecule has 0 fully saturated rings. The third kappa shape index (κ3) is 3.88. The highest BCUT2D eigenvalue weighted by Gasteiger charge is 2.34.